The van der Waals surface area contributed by atoms with Crippen LogP contribution < -0.4 is 10.3 Å². The summed E-state index contributed by atoms with van der Waals surface area (Å²) in [6, 6.07) is 0. The molecule has 0 saturated heterocycles. The molecule has 64 valence electrons. The monoisotopic (exact) mass is 394 g/mol. The van der Waals surface area contributed by atoms with Crippen molar-refractivity contribution < 1.29 is 53.6 Å². The molecule has 11 heteroatoms. The van der Waals surface area contributed by atoms with Crippen LogP contribution >= 0.6 is 0 Å². The van der Waals surface area contributed by atoms with Crippen LogP contribution in [-0.4, -0.2) is 25.9 Å². The quantitative estimate of drug-likeness (QED) is 0.325. The summed E-state index contributed by atoms with van der Waals surface area (Å²) in [5.41, 5.74) is 0. The first kappa shape index (κ1) is 17.7. The minimum absolute atomic E-state index is 0. The van der Waals surface area contributed by atoms with Crippen molar-refractivity contribution in [2.75, 3.05) is 0 Å². The Morgan fingerprint density at radius 1 is 0.818 bits per heavy atom. The van der Waals surface area contributed by atoms with E-state index in [1.165, 1.54) is 0 Å². The van der Waals surface area contributed by atoms with Gasteiger partial charge in [-0.05, 0) is 0 Å². The van der Waals surface area contributed by atoms with E-state index in [0.29, 0.717) is 0 Å². The fraction of sp³-hybridized carbons (Fsp3) is 0. The first-order valence-corrected chi connectivity index (χ1v) is 4.41. The Kier molecular flexibility index (Phi) is 10.00. The van der Waals surface area contributed by atoms with Crippen LogP contribution in [0.2, 0.25) is 0 Å². The van der Waals surface area contributed by atoms with E-state index < -0.39 is 20.6 Å². The molecule has 0 radical (unpaired) electrons. The van der Waals surface area contributed by atoms with E-state index in [2.05, 4.69) is 10.3 Å². The summed E-state index contributed by atoms with van der Waals surface area (Å²) < 4.78 is 53.1. The Morgan fingerprint density at radius 2 is 0.818 bits per heavy atom. The second kappa shape index (κ2) is 6.22. The Bertz CT molecular complexity index is 215. The Hall–Kier alpha value is 0.675. The maximum Gasteiger partial charge on any atom is 2.00 e. The largest absolute Gasteiger partial charge is 2.00 e. The maximum atomic E-state index is 8.85. The van der Waals surface area contributed by atoms with Crippen molar-refractivity contribution in [2.24, 2.45) is 10.3 Å². The molecular formula is H4HgN2O6S2. The minimum Gasteiger partial charge on any atom is -0.736 e. The van der Waals surface area contributed by atoms with Crippen molar-refractivity contribution in [3.05, 3.63) is 0 Å². The predicted molar refractivity (Wildman–Crippen MR) is 27.8 cm³/mol. The molecule has 0 aromatic heterocycles. The second-order valence-corrected chi connectivity index (χ2v) is 2.96. The van der Waals surface area contributed by atoms with Crippen LogP contribution in [0, 0.1) is 0 Å². The third-order valence-corrected chi connectivity index (χ3v) is 0. The Morgan fingerprint density at radius 3 is 0.818 bits per heavy atom. The van der Waals surface area contributed by atoms with Crippen molar-refractivity contribution in [3.8, 4) is 0 Å². The summed E-state index contributed by atoms with van der Waals surface area (Å²) in [6.45, 7) is 0. The van der Waals surface area contributed by atoms with Gasteiger partial charge in [0.25, 0.3) is 0 Å². The number of hydrogen-bond donors (Lipinski definition) is 2. The van der Waals surface area contributed by atoms with Crippen LogP contribution in [0.1, 0.15) is 0 Å². The molecule has 11 heavy (non-hydrogen) atoms. The average molecular weight is 393 g/mol. The second-order valence-electron chi connectivity index (χ2n) is 0.986. The number of nitrogens with two attached hydrogens (primary N) is 2. The molecule has 0 rings (SSSR count). The van der Waals surface area contributed by atoms with Gasteiger partial charge in [-0.25, -0.2) is 27.1 Å². The summed E-state index contributed by atoms with van der Waals surface area (Å²) in [7, 11) is -8.83. The molecule has 0 fully saturated rings. The van der Waals surface area contributed by atoms with Crippen LogP contribution in [-0.2, 0) is 48.3 Å². The molecular weight excluding hydrogens is 389 g/mol. The van der Waals surface area contributed by atoms with E-state index in [0.717, 1.165) is 0 Å². The van der Waals surface area contributed by atoms with Crippen LogP contribution in [0.25, 0.3) is 0 Å². The van der Waals surface area contributed by atoms with Crippen LogP contribution in [0.5, 0.6) is 0 Å². The zero-order valence-electron chi connectivity index (χ0n) is 5.13. The van der Waals surface area contributed by atoms with Gasteiger partial charge in [-0.2, -0.15) is 0 Å². The normalized spacial score (nSPS) is 10.5. The van der Waals surface area contributed by atoms with E-state index in [1.54, 1.807) is 0 Å². The molecule has 0 saturated carbocycles. The van der Waals surface area contributed by atoms with E-state index >= 15 is 0 Å². The molecule has 0 heterocycles. The first-order chi connectivity index (χ1) is 4.00. The molecule has 0 aliphatic rings. The van der Waals surface area contributed by atoms with Gasteiger partial charge in [0.15, 0.2) is 20.6 Å². The molecule has 0 aromatic rings. The van der Waals surface area contributed by atoms with E-state index in [-0.39, 0.29) is 27.7 Å². The molecule has 0 spiro atoms. The third kappa shape index (κ3) is 1760. The summed E-state index contributed by atoms with van der Waals surface area (Å²) in [5.74, 6) is 0. The zero-order chi connectivity index (χ0) is 9.00. The molecule has 0 aliphatic carbocycles. The Labute approximate surface area is 84.2 Å². The van der Waals surface area contributed by atoms with Gasteiger partial charge >= 0.3 is 27.7 Å². The molecule has 0 atom stereocenters. The topological polar surface area (TPSA) is 166 Å². The van der Waals surface area contributed by atoms with Crippen LogP contribution in [0.3, 0.4) is 0 Å². The van der Waals surface area contributed by atoms with Crippen LogP contribution in [0.4, 0.5) is 0 Å². The number of hydrogen-bond acceptors (Lipinski definition) is 6. The molecule has 8 nitrogen and oxygen atoms in total. The molecule has 0 unspecified atom stereocenters. The molecule has 0 bridgehead atoms. The van der Waals surface area contributed by atoms with Gasteiger partial charge in [0, 0.05) is 0 Å². The van der Waals surface area contributed by atoms with Gasteiger partial charge < -0.3 is 9.11 Å². The van der Waals surface area contributed by atoms with Gasteiger partial charge in [-0.3, -0.25) is 0 Å². The SMILES string of the molecule is NS(=O)(=O)[O-].NS(=O)(=O)[O-].[Hg+2]. The van der Waals surface area contributed by atoms with Crippen molar-refractivity contribution in [3.63, 3.8) is 0 Å². The van der Waals surface area contributed by atoms with Crippen molar-refractivity contribution in [2.45, 2.75) is 0 Å². The molecule has 0 aliphatic heterocycles. The van der Waals surface area contributed by atoms with Crippen molar-refractivity contribution >= 4 is 20.6 Å². The van der Waals surface area contributed by atoms with Gasteiger partial charge in [-0.1, -0.05) is 0 Å². The van der Waals surface area contributed by atoms with E-state index in [9.17, 15) is 0 Å². The fourth-order valence-corrected chi connectivity index (χ4v) is 0. The maximum absolute atomic E-state index is 8.85. The van der Waals surface area contributed by atoms with Crippen molar-refractivity contribution in [1.29, 1.82) is 0 Å². The standard InChI is InChI=1S/Hg.2H3NO3S/c;2*1-5(2,3)4/h;2*(H3,1,2,3,4)/q+2;;/p-2. The van der Waals surface area contributed by atoms with Gasteiger partial charge in [-0.15, -0.1) is 0 Å². The van der Waals surface area contributed by atoms with Crippen LogP contribution in [0.15, 0.2) is 0 Å². The predicted octanol–water partition coefficient (Wildman–Crippen LogP) is -3.19. The summed E-state index contributed by atoms with van der Waals surface area (Å²) in [4.78, 5) is 0. The summed E-state index contributed by atoms with van der Waals surface area (Å²) in [5, 5.41) is 7.54. The van der Waals surface area contributed by atoms with Gasteiger partial charge in [0.2, 0.25) is 0 Å². The molecule has 0 aromatic carbocycles. The molecule has 0 amide bonds. The first-order valence-electron chi connectivity index (χ1n) is 1.47. The smallest absolute Gasteiger partial charge is 0.736 e. The van der Waals surface area contributed by atoms with E-state index in [4.69, 9.17) is 25.9 Å². The molecule has 4 N–H and O–H groups in total. The van der Waals surface area contributed by atoms with Gasteiger partial charge in [0.1, 0.15) is 0 Å². The summed E-state index contributed by atoms with van der Waals surface area (Å²) >= 11 is 0. The van der Waals surface area contributed by atoms with Crippen molar-refractivity contribution in [1.82, 2.24) is 0 Å². The fourth-order valence-electron chi connectivity index (χ4n) is 0. The zero-order valence-corrected chi connectivity index (χ0v) is 12.3. The third-order valence-electron chi connectivity index (χ3n) is 0. The minimum atomic E-state index is -4.42. The Balaban J connectivity index is -0.000000107. The van der Waals surface area contributed by atoms with E-state index in [1.807, 2.05) is 0 Å². The number of rotatable bonds is 0. The average Bonchev–Trinajstić information content (AvgIpc) is 1.12. The summed E-state index contributed by atoms with van der Waals surface area (Å²) in [6.07, 6.45) is 0. The van der Waals surface area contributed by atoms with Gasteiger partial charge in [0.05, 0.1) is 0 Å².